The number of benzene rings is 1. The fourth-order valence-electron chi connectivity index (χ4n) is 1.41. The third kappa shape index (κ3) is 2.63. The van der Waals surface area contributed by atoms with Crippen molar-refractivity contribution in [3.63, 3.8) is 0 Å². The van der Waals surface area contributed by atoms with Crippen LogP contribution in [0, 0.1) is 3.57 Å². The van der Waals surface area contributed by atoms with Crippen molar-refractivity contribution in [3.8, 4) is 0 Å². The van der Waals surface area contributed by atoms with E-state index in [1.54, 1.807) is 18.2 Å². The highest BCUT2D eigenvalue weighted by atomic mass is 124. The van der Waals surface area contributed by atoms with E-state index in [0.717, 1.165) is 3.57 Å². The summed E-state index contributed by atoms with van der Waals surface area (Å²) in [6.07, 6.45) is 0.191. The van der Waals surface area contributed by atoms with Crippen LogP contribution in [0.25, 0.3) is 0 Å². The minimum atomic E-state index is -0.702. The standard InChI is InChI=1S/C11H8INO4/c12-8-3-1-2-7(6-8)11(16)17-13-9(14)4-5-10(13)15/h1-3,6H,4-5H2/i12-3. The number of rotatable bonds is 2. The van der Waals surface area contributed by atoms with Crippen LogP contribution in [0.3, 0.4) is 0 Å². The number of carbonyl (C=O) groups excluding carboxylic acids is 3. The van der Waals surface area contributed by atoms with Gasteiger partial charge in [0, 0.05) is 16.4 Å². The van der Waals surface area contributed by atoms with E-state index in [0.29, 0.717) is 10.6 Å². The second-order valence-electron chi connectivity index (χ2n) is 3.47. The Morgan fingerprint density at radius 1 is 1.24 bits per heavy atom. The number of amides is 2. The molecule has 0 spiro atoms. The maximum Gasteiger partial charge on any atom is 0.363 e. The molecule has 0 aliphatic carbocycles. The van der Waals surface area contributed by atoms with Crippen LogP contribution in [0.1, 0.15) is 23.2 Å². The zero-order valence-corrected chi connectivity index (χ0v) is 10.8. The van der Waals surface area contributed by atoms with Crippen molar-refractivity contribution < 1.29 is 19.2 Å². The molecule has 1 heterocycles. The molecule has 1 fully saturated rings. The van der Waals surface area contributed by atoms with Crippen LogP contribution in [-0.4, -0.2) is 22.8 Å². The largest absolute Gasteiger partial charge is 0.363 e. The predicted octanol–water partition coefficient (Wildman–Crippen LogP) is 1.51. The first-order valence-corrected chi connectivity index (χ1v) is 5.99. The van der Waals surface area contributed by atoms with Gasteiger partial charge in [0.05, 0.1) is 5.56 Å². The lowest BCUT2D eigenvalue weighted by Crippen LogP contribution is -2.32. The van der Waals surface area contributed by atoms with E-state index < -0.39 is 17.8 Å². The first kappa shape index (κ1) is 12.0. The van der Waals surface area contributed by atoms with Crippen LogP contribution >= 0.6 is 22.6 Å². The fraction of sp³-hybridized carbons (Fsp3) is 0.182. The van der Waals surface area contributed by atoms with E-state index in [-0.39, 0.29) is 12.8 Å². The Kier molecular flexibility index (Phi) is 3.41. The zero-order valence-electron chi connectivity index (χ0n) is 8.68. The number of nitrogens with zero attached hydrogens (tertiary/aromatic N) is 1. The summed E-state index contributed by atoms with van der Waals surface area (Å²) in [7, 11) is 0. The van der Waals surface area contributed by atoms with Crippen molar-refractivity contribution >= 4 is 40.4 Å². The van der Waals surface area contributed by atoms with E-state index in [1.165, 1.54) is 0 Å². The molecule has 0 bridgehead atoms. The van der Waals surface area contributed by atoms with Crippen molar-refractivity contribution in [2.45, 2.75) is 12.8 Å². The van der Waals surface area contributed by atoms with E-state index in [4.69, 9.17) is 4.84 Å². The lowest BCUT2D eigenvalue weighted by Gasteiger charge is -2.12. The normalized spacial score (nSPS) is 15.2. The fourth-order valence-corrected chi connectivity index (χ4v) is 1.95. The summed E-state index contributed by atoms with van der Waals surface area (Å²) in [6.45, 7) is 0. The van der Waals surface area contributed by atoms with Crippen LogP contribution in [0.2, 0.25) is 0 Å². The molecule has 1 aliphatic rings. The monoisotopic (exact) mass is 342 g/mol. The molecular formula is C11H8INO4. The molecular weight excluding hydrogens is 334 g/mol. The SMILES string of the molecule is O=C(ON1C(=O)CCC1=O)c1cccc([124I])c1. The summed E-state index contributed by atoms with van der Waals surface area (Å²) in [4.78, 5) is 38.9. The Morgan fingerprint density at radius 3 is 2.47 bits per heavy atom. The highest BCUT2D eigenvalue weighted by molar-refractivity contribution is 14.1. The maximum absolute atomic E-state index is 11.7. The van der Waals surface area contributed by atoms with Gasteiger partial charge in [-0.15, -0.1) is 5.06 Å². The molecule has 1 aromatic carbocycles. The van der Waals surface area contributed by atoms with Gasteiger partial charge < -0.3 is 4.84 Å². The Balaban J connectivity index is 2.12. The highest BCUT2D eigenvalue weighted by Crippen LogP contribution is 2.15. The Bertz CT molecular complexity index is 484. The Labute approximate surface area is 111 Å². The molecule has 0 unspecified atom stereocenters. The van der Waals surface area contributed by atoms with Crippen molar-refractivity contribution in [1.29, 1.82) is 0 Å². The number of hydrogen-bond acceptors (Lipinski definition) is 4. The second kappa shape index (κ2) is 4.82. The van der Waals surface area contributed by atoms with E-state index >= 15 is 0 Å². The molecule has 88 valence electrons. The molecule has 2 rings (SSSR count). The van der Waals surface area contributed by atoms with Crippen molar-refractivity contribution in [2.24, 2.45) is 0 Å². The first-order chi connectivity index (χ1) is 8.08. The van der Waals surface area contributed by atoms with Crippen LogP contribution in [0.5, 0.6) is 0 Å². The van der Waals surface area contributed by atoms with Crippen LogP contribution in [-0.2, 0) is 14.4 Å². The highest BCUT2D eigenvalue weighted by Gasteiger charge is 2.33. The molecule has 1 saturated heterocycles. The molecule has 0 aromatic heterocycles. The first-order valence-electron chi connectivity index (χ1n) is 4.91. The van der Waals surface area contributed by atoms with E-state index in [9.17, 15) is 14.4 Å². The molecule has 0 radical (unpaired) electrons. The molecule has 0 atom stereocenters. The number of hydroxylamine groups is 2. The van der Waals surface area contributed by atoms with Gasteiger partial charge in [-0.2, -0.15) is 0 Å². The molecule has 1 aliphatic heterocycles. The number of imide groups is 1. The van der Waals surface area contributed by atoms with Gasteiger partial charge in [0.25, 0.3) is 11.8 Å². The second-order valence-corrected chi connectivity index (χ2v) is 4.72. The van der Waals surface area contributed by atoms with Crippen LogP contribution in [0.4, 0.5) is 0 Å². The molecule has 2 amide bonds. The van der Waals surface area contributed by atoms with Gasteiger partial charge in [0.2, 0.25) is 0 Å². The summed E-state index contributed by atoms with van der Waals surface area (Å²) >= 11 is 2.06. The molecule has 0 N–H and O–H groups in total. The van der Waals surface area contributed by atoms with Crippen LogP contribution in [0.15, 0.2) is 24.3 Å². The Hall–Kier alpha value is -1.44. The smallest absolute Gasteiger partial charge is 0.325 e. The molecule has 1 aromatic rings. The number of hydrogen-bond donors (Lipinski definition) is 0. The molecule has 17 heavy (non-hydrogen) atoms. The van der Waals surface area contributed by atoms with Gasteiger partial charge >= 0.3 is 5.97 Å². The average Bonchev–Trinajstić information content (AvgIpc) is 2.61. The third-order valence-corrected chi connectivity index (χ3v) is 2.91. The lowest BCUT2D eigenvalue weighted by atomic mass is 10.2. The van der Waals surface area contributed by atoms with Gasteiger partial charge in [-0.25, -0.2) is 4.79 Å². The zero-order chi connectivity index (χ0) is 12.4. The van der Waals surface area contributed by atoms with Crippen LogP contribution < -0.4 is 0 Å². The van der Waals surface area contributed by atoms with Gasteiger partial charge in [0.15, 0.2) is 0 Å². The van der Waals surface area contributed by atoms with Gasteiger partial charge in [-0.1, -0.05) is 6.07 Å². The molecule has 5 nitrogen and oxygen atoms in total. The summed E-state index contributed by atoms with van der Waals surface area (Å²) < 4.78 is 0.871. The summed E-state index contributed by atoms with van der Waals surface area (Å²) in [5.74, 6) is -1.66. The quantitative estimate of drug-likeness (QED) is 0.604. The van der Waals surface area contributed by atoms with Gasteiger partial charge in [-0.05, 0) is 40.8 Å². The van der Waals surface area contributed by atoms with E-state index in [1.807, 2.05) is 6.07 Å². The van der Waals surface area contributed by atoms with Gasteiger partial charge in [-0.3, -0.25) is 9.59 Å². The Morgan fingerprint density at radius 2 is 1.88 bits per heavy atom. The summed E-state index contributed by atoms with van der Waals surface area (Å²) in [5.41, 5.74) is 0.310. The summed E-state index contributed by atoms with van der Waals surface area (Å²) in [5, 5.41) is 0.544. The predicted molar refractivity (Wildman–Crippen MR) is 65.7 cm³/mol. The van der Waals surface area contributed by atoms with Crippen molar-refractivity contribution in [2.75, 3.05) is 0 Å². The minimum absolute atomic E-state index is 0.0957. The van der Waals surface area contributed by atoms with Crippen molar-refractivity contribution in [3.05, 3.63) is 33.4 Å². The summed E-state index contributed by atoms with van der Waals surface area (Å²) in [6, 6.07) is 6.71. The van der Waals surface area contributed by atoms with E-state index in [2.05, 4.69) is 22.6 Å². The minimum Gasteiger partial charge on any atom is -0.325 e. The number of carbonyl (C=O) groups is 3. The van der Waals surface area contributed by atoms with Gasteiger partial charge in [0.1, 0.15) is 0 Å². The van der Waals surface area contributed by atoms with Crippen molar-refractivity contribution in [1.82, 2.24) is 5.06 Å². The molecule has 0 saturated carbocycles. The number of halogens is 1. The maximum atomic E-state index is 11.7. The molecule has 6 heteroatoms. The topological polar surface area (TPSA) is 63.7 Å². The average molecular weight is 342 g/mol. The third-order valence-electron chi connectivity index (χ3n) is 2.24. The lowest BCUT2D eigenvalue weighted by molar-refractivity contribution is -0.172.